The third-order valence-electron chi connectivity index (χ3n) is 8.47. The molecule has 2 aromatic rings. The van der Waals surface area contributed by atoms with E-state index in [-0.39, 0.29) is 11.7 Å². The monoisotopic (exact) mass is 479 g/mol. The second-order valence-corrected chi connectivity index (χ2v) is 11.3. The maximum Gasteiger partial charge on any atom is 0.173 e. The summed E-state index contributed by atoms with van der Waals surface area (Å²) in [7, 11) is 4.28. The molecule has 1 saturated carbocycles. The number of piperidine rings is 1. The van der Waals surface area contributed by atoms with E-state index in [9.17, 15) is 0 Å². The molecule has 1 atom stereocenters. The number of rotatable bonds is 6. The van der Waals surface area contributed by atoms with Crippen molar-refractivity contribution in [2.24, 2.45) is 18.1 Å². The molecule has 0 unspecified atom stereocenters. The van der Waals surface area contributed by atoms with Crippen molar-refractivity contribution >= 4 is 5.71 Å². The molecule has 0 radical (unpaired) electrons. The number of aromatic nitrogens is 3. The van der Waals surface area contributed by atoms with E-state index >= 15 is 0 Å². The molecule has 3 heterocycles. The second-order valence-electron chi connectivity index (χ2n) is 11.3. The zero-order valence-corrected chi connectivity index (χ0v) is 22.0. The summed E-state index contributed by atoms with van der Waals surface area (Å²) < 4.78 is 8.42. The molecule has 0 bridgehead atoms. The maximum absolute atomic E-state index is 6.26. The summed E-state index contributed by atoms with van der Waals surface area (Å²) in [5.74, 6) is 4.32. The largest absolute Gasteiger partial charge is 0.483 e. The van der Waals surface area contributed by atoms with E-state index in [1.165, 1.54) is 11.3 Å². The summed E-state index contributed by atoms with van der Waals surface area (Å²) in [6, 6.07) is 8.36. The van der Waals surface area contributed by atoms with Crippen molar-refractivity contribution in [3.63, 3.8) is 0 Å². The third kappa shape index (κ3) is 5.11. The average molecular weight is 480 g/mol. The Hall–Kier alpha value is -2.41. The third-order valence-corrected chi connectivity index (χ3v) is 8.47. The molecule has 1 aromatic heterocycles. The van der Waals surface area contributed by atoms with E-state index in [0.29, 0.717) is 17.8 Å². The molecule has 2 aliphatic heterocycles. The van der Waals surface area contributed by atoms with Crippen LogP contribution in [0.1, 0.15) is 101 Å². The average Bonchev–Trinajstić information content (AvgIpc) is 3.45. The Morgan fingerprint density at radius 2 is 1.71 bits per heavy atom. The SMILES string of the molecule is CC(C)c1cccc(O[C@H](C)c2nnc(C3CCC(C4=NOC5(CCN(C)CC5)C4)CC3)n2C)c1. The summed E-state index contributed by atoms with van der Waals surface area (Å²) in [5, 5.41) is 13.8. The molecule has 1 saturated heterocycles. The van der Waals surface area contributed by atoms with Crippen LogP contribution in [0.15, 0.2) is 29.4 Å². The number of hydrogen-bond acceptors (Lipinski definition) is 6. The number of likely N-dealkylation sites (tertiary alicyclic amines) is 1. The fraction of sp³-hybridized carbons (Fsp3) is 0.679. The van der Waals surface area contributed by atoms with Crippen molar-refractivity contribution < 1.29 is 9.57 Å². The van der Waals surface area contributed by atoms with Crippen LogP contribution in [0.5, 0.6) is 5.75 Å². The van der Waals surface area contributed by atoms with Crippen LogP contribution in [0, 0.1) is 5.92 Å². The highest BCUT2D eigenvalue weighted by atomic mass is 16.7. The van der Waals surface area contributed by atoms with E-state index in [1.54, 1.807) is 0 Å². The van der Waals surface area contributed by atoms with Crippen LogP contribution in [0.2, 0.25) is 0 Å². The fourth-order valence-corrected chi connectivity index (χ4v) is 6.02. The van der Waals surface area contributed by atoms with Gasteiger partial charge in [-0.3, -0.25) is 0 Å². The Morgan fingerprint density at radius 1 is 1.00 bits per heavy atom. The van der Waals surface area contributed by atoms with E-state index in [2.05, 4.69) is 77.9 Å². The highest BCUT2D eigenvalue weighted by Crippen LogP contribution is 2.42. The molecular weight excluding hydrogens is 438 g/mol. The molecule has 1 spiro atoms. The van der Waals surface area contributed by atoms with Gasteiger partial charge in [0.15, 0.2) is 11.9 Å². The first-order valence-corrected chi connectivity index (χ1v) is 13.4. The highest BCUT2D eigenvalue weighted by molar-refractivity contribution is 5.88. The summed E-state index contributed by atoms with van der Waals surface area (Å²) >= 11 is 0. The zero-order chi connectivity index (χ0) is 24.6. The highest BCUT2D eigenvalue weighted by Gasteiger charge is 2.43. The van der Waals surface area contributed by atoms with Crippen LogP contribution in [0.3, 0.4) is 0 Å². The topological polar surface area (TPSA) is 64.8 Å². The first-order chi connectivity index (χ1) is 16.8. The normalized spacial score (nSPS) is 25.5. The molecule has 2 fully saturated rings. The van der Waals surface area contributed by atoms with Gasteiger partial charge in [-0.05, 0) is 63.3 Å². The van der Waals surface area contributed by atoms with Crippen molar-refractivity contribution in [1.29, 1.82) is 0 Å². The minimum absolute atomic E-state index is 0.0258. The smallest absolute Gasteiger partial charge is 0.173 e. The lowest BCUT2D eigenvalue weighted by molar-refractivity contribution is -0.0578. The van der Waals surface area contributed by atoms with Crippen LogP contribution in [-0.2, 0) is 11.9 Å². The fourth-order valence-electron chi connectivity index (χ4n) is 6.02. The summed E-state index contributed by atoms with van der Waals surface area (Å²) in [5.41, 5.74) is 2.56. The van der Waals surface area contributed by atoms with Gasteiger partial charge in [0.1, 0.15) is 17.2 Å². The van der Waals surface area contributed by atoms with Crippen molar-refractivity contribution in [2.75, 3.05) is 20.1 Å². The molecule has 7 nitrogen and oxygen atoms in total. The Balaban J connectivity index is 1.18. The molecule has 1 aromatic carbocycles. The lowest BCUT2D eigenvalue weighted by Gasteiger charge is -2.35. The predicted octanol–water partition coefficient (Wildman–Crippen LogP) is 5.59. The van der Waals surface area contributed by atoms with Crippen molar-refractivity contribution in [1.82, 2.24) is 19.7 Å². The van der Waals surface area contributed by atoms with Gasteiger partial charge in [-0.2, -0.15) is 0 Å². The second kappa shape index (κ2) is 9.92. The summed E-state index contributed by atoms with van der Waals surface area (Å²) in [6.45, 7) is 8.67. The van der Waals surface area contributed by atoms with E-state index in [4.69, 9.17) is 9.57 Å². The number of hydrogen-bond donors (Lipinski definition) is 0. The van der Waals surface area contributed by atoms with Gasteiger partial charge in [-0.15, -0.1) is 10.2 Å². The quantitative estimate of drug-likeness (QED) is 0.540. The van der Waals surface area contributed by atoms with Gasteiger partial charge >= 0.3 is 0 Å². The van der Waals surface area contributed by atoms with Gasteiger partial charge in [0.05, 0.1) is 5.71 Å². The Labute approximate surface area is 209 Å². The predicted molar refractivity (Wildman–Crippen MR) is 138 cm³/mol. The standard InChI is InChI=1S/C28H41N5O2/c1-19(2)23-7-6-8-24(17-23)34-20(3)26-29-30-27(33(26)5)22-11-9-21(10-12-22)25-18-28(35-31-25)13-15-32(4)16-14-28/h6-8,17,19-22H,9-16,18H2,1-5H3/t20-,21?,22?/m1/s1. The molecule has 0 N–H and O–H groups in total. The van der Waals surface area contributed by atoms with Crippen LogP contribution in [0.25, 0.3) is 0 Å². The maximum atomic E-state index is 6.26. The van der Waals surface area contributed by atoms with Crippen LogP contribution in [0.4, 0.5) is 0 Å². The van der Waals surface area contributed by atoms with Crippen molar-refractivity contribution in [3.05, 3.63) is 41.5 Å². The van der Waals surface area contributed by atoms with Gasteiger partial charge in [-0.1, -0.05) is 31.1 Å². The molecule has 190 valence electrons. The Morgan fingerprint density at radius 3 is 2.43 bits per heavy atom. The number of benzene rings is 1. The first-order valence-electron chi connectivity index (χ1n) is 13.4. The molecule has 1 aliphatic carbocycles. The number of oxime groups is 1. The minimum Gasteiger partial charge on any atom is -0.483 e. The van der Waals surface area contributed by atoms with Gasteiger partial charge < -0.3 is 19.0 Å². The van der Waals surface area contributed by atoms with E-state index in [0.717, 1.165) is 75.4 Å². The molecule has 35 heavy (non-hydrogen) atoms. The molecule has 3 aliphatic rings. The van der Waals surface area contributed by atoms with Crippen LogP contribution in [-0.4, -0.2) is 51.1 Å². The van der Waals surface area contributed by atoms with Gasteiger partial charge in [0, 0.05) is 51.2 Å². The van der Waals surface area contributed by atoms with Gasteiger partial charge in [0.25, 0.3) is 0 Å². The van der Waals surface area contributed by atoms with Gasteiger partial charge in [0.2, 0.25) is 0 Å². The van der Waals surface area contributed by atoms with Crippen LogP contribution >= 0.6 is 0 Å². The lowest BCUT2D eigenvalue weighted by atomic mass is 9.76. The molecule has 7 heteroatoms. The first kappa shape index (κ1) is 24.3. The van der Waals surface area contributed by atoms with E-state index < -0.39 is 0 Å². The van der Waals surface area contributed by atoms with Crippen molar-refractivity contribution in [3.8, 4) is 5.75 Å². The molecule has 5 rings (SSSR count). The van der Waals surface area contributed by atoms with E-state index in [1.807, 2.05) is 6.07 Å². The van der Waals surface area contributed by atoms with Crippen molar-refractivity contribution in [2.45, 2.75) is 89.3 Å². The zero-order valence-electron chi connectivity index (χ0n) is 22.0. The Kier molecular flexibility index (Phi) is 6.88. The number of nitrogens with zero attached hydrogens (tertiary/aromatic N) is 5. The lowest BCUT2D eigenvalue weighted by Crippen LogP contribution is -2.43. The Bertz CT molecular complexity index is 1050. The van der Waals surface area contributed by atoms with Crippen LogP contribution < -0.4 is 4.74 Å². The summed E-state index contributed by atoms with van der Waals surface area (Å²) in [4.78, 5) is 8.44. The number of ether oxygens (including phenoxy) is 1. The van der Waals surface area contributed by atoms with Gasteiger partial charge in [-0.25, -0.2) is 0 Å². The molecular formula is C28H41N5O2. The minimum atomic E-state index is -0.157. The molecule has 0 amide bonds. The summed E-state index contributed by atoms with van der Waals surface area (Å²) in [6.07, 6.45) is 7.60.